The van der Waals surface area contributed by atoms with E-state index in [1.165, 1.54) is 6.92 Å². The van der Waals surface area contributed by atoms with Crippen LogP contribution in [0.2, 0.25) is 0 Å². The lowest BCUT2D eigenvalue weighted by atomic mass is 10.7. The molecule has 0 bridgehead atoms. The number of nitrogens with one attached hydrogen (secondary N) is 2. The molecule has 0 rings (SSSR count). The molecule has 0 saturated carbocycles. The fourth-order valence-corrected chi connectivity index (χ4v) is 0.265. The van der Waals surface area contributed by atoms with Crippen molar-refractivity contribution in [1.29, 1.82) is 0 Å². The fraction of sp³-hybridized carbons (Fsp3) is 0.750. The molecule has 0 fully saturated rings. The van der Waals surface area contributed by atoms with Crippen molar-refractivity contribution in [2.24, 2.45) is 0 Å². The summed E-state index contributed by atoms with van der Waals surface area (Å²) in [7, 11) is 1.54. The Balaban J connectivity index is 3.24. The summed E-state index contributed by atoms with van der Waals surface area (Å²) in [5.41, 5.74) is 0. The number of rotatable bonds is 2. The molecule has 4 heteroatoms. The highest BCUT2D eigenvalue weighted by Gasteiger charge is 1.97. The number of hydrogen-bond acceptors (Lipinski definition) is 3. The van der Waals surface area contributed by atoms with Crippen LogP contribution in [0.1, 0.15) is 6.92 Å². The molecule has 8 heavy (non-hydrogen) atoms. The third kappa shape index (κ3) is 3.58. The summed E-state index contributed by atoms with van der Waals surface area (Å²) in [4.78, 5) is 10.1. The van der Waals surface area contributed by atoms with Crippen molar-refractivity contribution in [3.8, 4) is 0 Å². The largest absolute Gasteiger partial charge is 0.361 e. The number of hydrogen-bond donors (Lipinski definition) is 3. The Morgan fingerprint density at radius 1 is 1.75 bits per heavy atom. The van der Waals surface area contributed by atoms with E-state index in [4.69, 9.17) is 5.11 Å². The molecule has 0 aliphatic heterocycles. The summed E-state index contributed by atoms with van der Waals surface area (Å²) >= 11 is 0. The Labute approximate surface area is 47.9 Å². The van der Waals surface area contributed by atoms with Gasteiger partial charge in [-0.25, -0.2) is 0 Å². The number of aliphatic hydroxyl groups is 1. The van der Waals surface area contributed by atoms with Crippen molar-refractivity contribution in [3.63, 3.8) is 0 Å². The number of carbonyl (C=O) groups excluding carboxylic acids is 1. The minimum atomic E-state index is -0.924. The predicted octanol–water partition coefficient (Wildman–Crippen LogP) is -1.38. The van der Waals surface area contributed by atoms with Crippen molar-refractivity contribution in [2.45, 2.75) is 13.3 Å². The SMILES string of the molecule is CNC(O)NC(C)=O. The van der Waals surface area contributed by atoms with Crippen LogP contribution < -0.4 is 10.6 Å². The first-order valence-corrected chi connectivity index (χ1v) is 2.29. The number of carbonyl (C=O) groups is 1. The van der Waals surface area contributed by atoms with E-state index >= 15 is 0 Å². The Bertz CT molecular complexity index is 84.1. The van der Waals surface area contributed by atoms with Crippen molar-refractivity contribution in [3.05, 3.63) is 0 Å². The van der Waals surface area contributed by atoms with Gasteiger partial charge in [-0.15, -0.1) is 0 Å². The second-order valence-corrected chi connectivity index (χ2v) is 1.39. The Kier molecular flexibility index (Phi) is 3.14. The van der Waals surface area contributed by atoms with E-state index in [0.717, 1.165) is 0 Å². The second-order valence-electron chi connectivity index (χ2n) is 1.39. The number of amides is 1. The summed E-state index contributed by atoms with van der Waals surface area (Å²) in [5.74, 6) is -0.258. The zero-order valence-corrected chi connectivity index (χ0v) is 4.93. The van der Waals surface area contributed by atoms with Crippen LogP contribution in [0.25, 0.3) is 0 Å². The molecule has 4 nitrogen and oxygen atoms in total. The highest BCUT2D eigenvalue weighted by atomic mass is 16.3. The van der Waals surface area contributed by atoms with Crippen LogP contribution in [0.3, 0.4) is 0 Å². The zero-order chi connectivity index (χ0) is 6.57. The first kappa shape index (κ1) is 7.39. The lowest BCUT2D eigenvalue weighted by Crippen LogP contribution is -2.42. The van der Waals surface area contributed by atoms with Crippen LogP contribution in [0, 0.1) is 0 Å². The molecule has 1 unspecified atom stereocenters. The van der Waals surface area contributed by atoms with E-state index < -0.39 is 6.35 Å². The lowest BCUT2D eigenvalue weighted by Gasteiger charge is -2.07. The minimum Gasteiger partial charge on any atom is -0.361 e. The van der Waals surface area contributed by atoms with Gasteiger partial charge in [-0.2, -0.15) is 0 Å². The quantitative estimate of drug-likeness (QED) is 0.391. The van der Waals surface area contributed by atoms with Gasteiger partial charge in [-0.3, -0.25) is 10.1 Å². The molecule has 0 radical (unpaired) electrons. The second kappa shape index (κ2) is 3.40. The Morgan fingerprint density at radius 2 is 2.25 bits per heavy atom. The van der Waals surface area contributed by atoms with E-state index in [1.807, 2.05) is 0 Å². The molecule has 0 aromatic carbocycles. The highest BCUT2D eigenvalue weighted by Crippen LogP contribution is 1.64. The molecule has 0 spiro atoms. The molecule has 0 aliphatic rings. The van der Waals surface area contributed by atoms with Crippen molar-refractivity contribution >= 4 is 5.91 Å². The fourth-order valence-electron chi connectivity index (χ4n) is 0.265. The molecule has 1 atom stereocenters. The highest BCUT2D eigenvalue weighted by molar-refractivity contribution is 5.72. The van der Waals surface area contributed by atoms with E-state index in [0.29, 0.717) is 0 Å². The first-order chi connectivity index (χ1) is 3.66. The molecular formula is C4H10N2O2. The van der Waals surface area contributed by atoms with Gasteiger partial charge in [0.1, 0.15) is 0 Å². The minimum absolute atomic E-state index is 0.258. The smallest absolute Gasteiger partial charge is 0.219 e. The predicted molar refractivity (Wildman–Crippen MR) is 28.9 cm³/mol. The Hall–Kier alpha value is -0.610. The van der Waals surface area contributed by atoms with Crippen LogP contribution >= 0.6 is 0 Å². The third-order valence-electron chi connectivity index (χ3n) is 0.613. The van der Waals surface area contributed by atoms with E-state index in [9.17, 15) is 4.79 Å². The molecular weight excluding hydrogens is 108 g/mol. The average molecular weight is 118 g/mol. The summed E-state index contributed by atoms with van der Waals surface area (Å²) < 4.78 is 0. The monoisotopic (exact) mass is 118 g/mol. The molecule has 0 heterocycles. The molecule has 3 N–H and O–H groups in total. The van der Waals surface area contributed by atoms with Gasteiger partial charge in [0.15, 0.2) is 6.35 Å². The topological polar surface area (TPSA) is 61.4 Å². The average Bonchev–Trinajstić information content (AvgIpc) is 1.65. The van der Waals surface area contributed by atoms with Crippen LogP contribution in [-0.2, 0) is 4.79 Å². The summed E-state index contributed by atoms with van der Waals surface area (Å²) in [6.07, 6.45) is -0.924. The molecule has 48 valence electrons. The van der Waals surface area contributed by atoms with Crippen LogP contribution in [0.5, 0.6) is 0 Å². The lowest BCUT2D eigenvalue weighted by molar-refractivity contribution is -0.122. The van der Waals surface area contributed by atoms with Crippen LogP contribution in [0.15, 0.2) is 0 Å². The van der Waals surface area contributed by atoms with Gasteiger partial charge in [0.25, 0.3) is 0 Å². The van der Waals surface area contributed by atoms with Crippen molar-refractivity contribution < 1.29 is 9.90 Å². The van der Waals surface area contributed by atoms with Gasteiger partial charge in [-0.05, 0) is 7.05 Å². The number of aliphatic hydroxyl groups excluding tert-OH is 1. The van der Waals surface area contributed by atoms with Crippen LogP contribution in [0.4, 0.5) is 0 Å². The van der Waals surface area contributed by atoms with Gasteiger partial charge >= 0.3 is 0 Å². The van der Waals surface area contributed by atoms with Gasteiger partial charge in [0.05, 0.1) is 0 Å². The van der Waals surface area contributed by atoms with Crippen molar-refractivity contribution in [2.75, 3.05) is 7.05 Å². The van der Waals surface area contributed by atoms with Gasteiger partial charge in [0, 0.05) is 6.92 Å². The molecule has 0 aromatic rings. The molecule has 0 aromatic heterocycles. The summed E-state index contributed by atoms with van der Waals surface area (Å²) in [6.45, 7) is 1.33. The van der Waals surface area contributed by atoms with E-state index in [1.54, 1.807) is 7.05 Å². The molecule has 1 amide bonds. The maximum atomic E-state index is 10.1. The Morgan fingerprint density at radius 3 is 2.38 bits per heavy atom. The van der Waals surface area contributed by atoms with E-state index in [2.05, 4.69) is 10.6 Å². The summed E-state index contributed by atoms with van der Waals surface area (Å²) in [5, 5.41) is 13.2. The van der Waals surface area contributed by atoms with Crippen LogP contribution in [-0.4, -0.2) is 24.4 Å². The molecule has 0 aliphatic carbocycles. The zero-order valence-electron chi connectivity index (χ0n) is 4.93. The molecule has 0 saturated heterocycles. The normalized spacial score (nSPS) is 12.9. The maximum Gasteiger partial charge on any atom is 0.219 e. The van der Waals surface area contributed by atoms with E-state index in [-0.39, 0.29) is 5.91 Å². The standard InChI is InChI=1S/C4H10N2O2/c1-3(7)6-4(8)5-2/h4-5,8H,1-2H3,(H,6,7). The van der Waals surface area contributed by atoms with Crippen molar-refractivity contribution in [1.82, 2.24) is 10.6 Å². The summed E-state index contributed by atoms with van der Waals surface area (Å²) in [6, 6.07) is 0. The third-order valence-corrected chi connectivity index (χ3v) is 0.613. The van der Waals surface area contributed by atoms with Gasteiger partial charge in [-0.1, -0.05) is 0 Å². The maximum absolute atomic E-state index is 10.1. The van der Waals surface area contributed by atoms with Gasteiger partial charge in [0.2, 0.25) is 5.91 Å². The van der Waals surface area contributed by atoms with Gasteiger partial charge < -0.3 is 10.4 Å². The first-order valence-electron chi connectivity index (χ1n) is 2.29.